The van der Waals surface area contributed by atoms with E-state index < -0.39 is 5.60 Å². The number of nitrogens with zero attached hydrogens (tertiary/aromatic N) is 3. The first kappa shape index (κ1) is 24.5. The van der Waals surface area contributed by atoms with Crippen molar-refractivity contribution < 1.29 is 9.90 Å². The lowest BCUT2D eigenvalue weighted by molar-refractivity contribution is -0.123. The summed E-state index contributed by atoms with van der Waals surface area (Å²) in [7, 11) is 2.04. The van der Waals surface area contributed by atoms with Gasteiger partial charge in [0.25, 0.3) is 0 Å². The molecule has 1 aliphatic carbocycles. The van der Waals surface area contributed by atoms with E-state index in [1.807, 2.05) is 37.4 Å². The molecule has 188 valence electrons. The number of benzene rings is 2. The summed E-state index contributed by atoms with van der Waals surface area (Å²) in [5.41, 5.74) is 3.54. The van der Waals surface area contributed by atoms with Gasteiger partial charge in [0.2, 0.25) is 5.91 Å². The highest BCUT2D eigenvalue weighted by Gasteiger charge is 2.58. The van der Waals surface area contributed by atoms with Gasteiger partial charge in [0.05, 0.1) is 11.0 Å². The predicted molar refractivity (Wildman–Crippen MR) is 142 cm³/mol. The molecule has 1 aromatic heterocycles. The number of rotatable bonds is 6. The zero-order valence-electron chi connectivity index (χ0n) is 21.6. The van der Waals surface area contributed by atoms with E-state index in [9.17, 15) is 9.90 Å². The van der Waals surface area contributed by atoms with Crippen LogP contribution in [0.5, 0.6) is 0 Å². The number of hydrogen-bond donors (Lipinski definition) is 2. The highest BCUT2D eigenvalue weighted by Crippen LogP contribution is 2.59. The Bertz CT molecular complexity index is 1300. The van der Waals surface area contributed by atoms with Crippen molar-refractivity contribution >= 4 is 16.9 Å². The maximum atomic E-state index is 12.9. The molecule has 6 heteroatoms. The van der Waals surface area contributed by atoms with E-state index in [1.165, 1.54) is 5.56 Å². The fraction of sp³-hybridized carbons (Fsp3) is 0.467. The second-order valence-electron chi connectivity index (χ2n) is 11.0. The standard InChI is InChI=1S/C30H36N4O2/c1-29(2,36)14-12-22-8-10-23(11-9-22)21-34-18-15-30(16-19-34)20-24(30)28(35)31-17-13-27-32-25-6-4-5-7-26(25)33(27)3/h4-11,24,36H,13,15-21H2,1-3H3,(H,31,35)/t24-/m0/s1. The Labute approximate surface area is 213 Å². The van der Waals surface area contributed by atoms with Crippen LogP contribution >= 0.6 is 0 Å². The maximum absolute atomic E-state index is 12.9. The first-order valence-corrected chi connectivity index (χ1v) is 13.0. The van der Waals surface area contributed by atoms with Crippen LogP contribution in [0.4, 0.5) is 0 Å². The average Bonchev–Trinajstić information content (AvgIpc) is 3.47. The van der Waals surface area contributed by atoms with Gasteiger partial charge < -0.3 is 15.0 Å². The van der Waals surface area contributed by atoms with Gasteiger partial charge in [0.15, 0.2) is 0 Å². The summed E-state index contributed by atoms with van der Waals surface area (Å²) in [5.74, 6) is 7.26. The van der Waals surface area contributed by atoms with Crippen molar-refractivity contribution in [1.29, 1.82) is 0 Å². The van der Waals surface area contributed by atoms with Crippen molar-refractivity contribution in [2.24, 2.45) is 18.4 Å². The molecule has 1 saturated carbocycles. The Morgan fingerprint density at radius 3 is 2.58 bits per heavy atom. The molecule has 6 nitrogen and oxygen atoms in total. The number of carbonyl (C=O) groups is 1. The van der Waals surface area contributed by atoms with E-state index in [1.54, 1.807) is 13.8 Å². The number of nitrogens with one attached hydrogen (secondary N) is 1. The molecule has 1 atom stereocenters. The zero-order valence-corrected chi connectivity index (χ0v) is 21.6. The molecule has 1 saturated heterocycles. The fourth-order valence-electron chi connectivity index (χ4n) is 5.44. The Morgan fingerprint density at radius 1 is 1.17 bits per heavy atom. The first-order valence-electron chi connectivity index (χ1n) is 13.0. The molecule has 36 heavy (non-hydrogen) atoms. The molecule has 5 rings (SSSR count). The van der Waals surface area contributed by atoms with Crippen LogP contribution in [0.25, 0.3) is 11.0 Å². The topological polar surface area (TPSA) is 70.4 Å². The van der Waals surface area contributed by atoms with E-state index in [0.717, 1.165) is 67.7 Å². The number of aryl methyl sites for hydroxylation is 1. The van der Waals surface area contributed by atoms with E-state index in [0.29, 0.717) is 6.54 Å². The number of imidazole rings is 1. The second-order valence-corrected chi connectivity index (χ2v) is 11.0. The third-order valence-electron chi connectivity index (χ3n) is 7.76. The zero-order chi connectivity index (χ0) is 25.3. The lowest BCUT2D eigenvalue weighted by Gasteiger charge is -2.32. The van der Waals surface area contributed by atoms with Gasteiger partial charge in [-0.2, -0.15) is 0 Å². The largest absolute Gasteiger partial charge is 0.378 e. The summed E-state index contributed by atoms with van der Waals surface area (Å²) < 4.78 is 2.12. The van der Waals surface area contributed by atoms with Crippen molar-refractivity contribution in [3.63, 3.8) is 0 Å². The van der Waals surface area contributed by atoms with Crippen LogP contribution in [0.15, 0.2) is 48.5 Å². The maximum Gasteiger partial charge on any atom is 0.223 e. The van der Waals surface area contributed by atoms with Crippen LogP contribution in [0.2, 0.25) is 0 Å². The van der Waals surface area contributed by atoms with Gasteiger partial charge in [-0.25, -0.2) is 4.98 Å². The summed E-state index contributed by atoms with van der Waals surface area (Å²) >= 11 is 0. The molecule has 2 aliphatic rings. The Morgan fingerprint density at radius 2 is 1.89 bits per heavy atom. The highest BCUT2D eigenvalue weighted by molar-refractivity contribution is 5.82. The molecule has 3 aromatic rings. The van der Waals surface area contributed by atoms with Gasteiger partial charge in [-0.3, -0.25) is 9.69 Å². The summed E-state index contributed by atoms with van der Waals surface area (Å²) in [5, 5.41) is 12.9. The monoisotopic (exact) mass is 484 g/mol. The molecule has 1 aliphatic heterocycles. The summed E-state index contributed by atoms with van der Waals surface area (Å²) in [6.45, 7) is 6.99. The van der Waals surface area contributed by atoms with Gasteiger partial charge in [-0.15, -0.1) is 0 Å². The molecular formula is C30H36N4O2. The Balaban J connectivity index is 1.06. The van der Waals surface area contributed by atoms with Crippen molar-refractivity contribution in [3.05, 3.63) is 65.5 Å². The van der Waals surface area contributed by atoms with Gasteiger partial charge in [-0.05, 0) is 81.4 Å². The normalized spacial score (nSPS) is 19.2. The minimum Gasteiger partial charge on any atom is -0.378 e. The highest BCUT2D eigenvalue weighted by atomic mass is 16.3. The lowest BCUT2D eigenvalue weighted by atomic mass is 9.90. The van der Waals surface area contributed by atoms with E-state index in [-0.39, 0.29) is 17.2 Å². The minimum absolute atomic E-state index is 0.161. The third-order valence-corrected chi connectivity index (χ3v) is 7.76. The van der Waals surface area contributed by atoms with Crippen molar-refractivity contribution in [1.82, 2.24) is 19.8 Å². The molecule has 1 amide bonds. The molecule has 2 fully saturated rings. The Kier molecular flexibility index (Phi) is 6.63. The Hall–Kier alpha value is -3.14. The fourth-order valence-corrected chi connectivity index (χ4v) is 5.44. The molecule has 1 spiro atoms. The smallest absolute Gasteiger partial charge is 0.223 e. The van der Waals surface area contributed by atoms with Gasteiger partial charge in [-0.1, -0.05) is 36.1 Å². The van der Waals surface area contributed by atoms with Crippen molar-refractivity contribution in [3.8, 4) is 11.8 Å². The molecule has 0 radical (unpaired) electrons. The quantitative estimate of drug-likeness (QED) is 0.524. The minimum atomic E-state index is -0.978. The summed E-state index contributed by atoms with van der Waals surface area (Å²) in [6.07, 6.45) is 3.94. The molecular weight excluding hydrogens is 448 g/mol. The van der Waals surface area contributed by atoms with Crippen LogP contribution in [0, 0.1) is 23.2 Å². The third kappa shape index (κ3) is 5.48. The van der Waals surface area contributed by atoms with Crippen molar-refractivity contribution in [2.45, 2.75) is 51.7 Å². The van der Waals surface area contributed by atoms with Crippen molar-refractivity contribution in [2.75, 3.05) is 19.6 Å². The number of amides is 1. The van der Waals surface area contributed by atoms with E-state index in [2.05, 4.69) is 44.8 Å². The molecule has 0 bridgehead atoms. The first-order chi connectivity index (χ1) is 17.2. The number of para-hydroxylation sites is 2. The lowest BCUT2D eigenvalue weighted by Crippen LogP contribution is -2.37. The molecule has 0 unspecified atom stereocenters. The van der Waals surface area contributed by atoms with Crippen LogP contribution < -0.4 is 5.32 Å². The number of likely N-dealkylation sites (tertiary alicyclic amines) is 1. The van der Waals surface area contributed by atoms with Gasteiger partial charge in [0, 0.05) is 38.0 Å². The average molecular weight is 485 g/mol. The van der Waals surface area contributed by atoms with Gasteiger partial charge in [0.1, 0.15) is 11.4 Å². The van der Waals surface area contributed by atoms with Crippen LogP contribution in [-0.2, 0) is 24.8 Å². The van der Waals surface area contributed by atoms with Crippen LogP contribution in [-0.4, -0.2) is 50.7 Å². The predicted octanol–water partition coefficient (Wildman–Crippen LogP) is 3.66. The number of piperidine rings is 1. The second kappa shape index (κ2) is 9.72. The number of aromatic nitrogens is 2. The number of carbonyl (C=O) groups excluding carboxylic acids is 1. The van der Waals surface area contributed by atoms with Crippen LogP contribution in [0.3, 0.4) is 0 Å². The van der Waals surface area contributed by atoms with E-state index in [4.69, 9.17) is 4.98 Å². The number of fused-ring (bicyclic) bond motifs is 1. The number of aliphatic hydroxyl groups is 1. The molecule has 2 heterocycles. The number of hydrogen-bond acceptors (Lipinski definition) is 4. The van der Waals surface area contributed by atoms with Crippen LogP contribution in [0.1, 0.15) is 50.1 Å². The molecule has 2 aromatic carbocycles. The summed E-state index contributed by atoms with van der Waals surface area (Å²) in [6, 6.07) is 16.4. The molecule has 2 N–H and O–H groups in total. The van der Waals surface area contributed by atoms with Gasteiger partial charge >= 0.3 is 0 Å². The summed E-state index contributed by atoms with van der Waals surface area (Å²) in [4.78, 5) is 20.1. The van der Waals surface area contributed by atoms with E-state index >= 15 is 0 Å². The SMILES string of the molecule is Cn1c(CCNC(=O)[C@@H]2CC23CCN(Cc2ccc(C#CC(C)(C)O)cc2)CC3)nc2ccccc21.